The van der Waals surface area contributed by atoms with E-state index < -0.39 is 25.5 Å². The van der Waals surface area contributed by atoms with Gasteiger partial charge in [0.15, 0.2) is 6.61 Å². The summed E-state index contributed by atoms with van der Waals surface area (Å²) in [6, 6.07) is 6.42. The number of hydrogen-bond donors (Lipinski definition) is 1. The predicted octanol–water partition coefficient (Wildman–Crippen LogP) is 3.74. The summed E-state index contributed by atoms with van der Waals surface area (Å²) in [5.41, 5.74) is 0.761. The lowest BCUT2D eigenvalue weighted by molar-refractivity contribution is -0.153. The molecule has 1 aliphatic heterocycles. The first kappa shape index (κ1) is 19.8. The summed E-state index contributed by atoms with van der Waals surface area (Å²) in [5, 5.41) is 3.24. The van der Waals surface area contributed by atoms with Gasteiger partial charge in [-0.3, -0.25) is 4.90 Å². The molecule has 1 N–H and O–H groups in total. The van der Waals surface area contributed by atoms with Gasteiger partial charge in [0.25, 0.3) is 0 Å². The van der Waals surface area contributed by atoms with Crippen molar-refractivity contribution in [3.05, 3.63) is 29.8 Å². The van der Waals surface area contributed by atoms with E-state index in [9.17, 15) is 26.3 Å². The molecule has 0 spiro atoms. The van der Waals surface area contributed by atoms with Crippen LogP contribution in [0.15, 0.2) is 24.3 Å². The van der Waals surface area contributed by atoms with Crippen molar-refractivity contribution in [1.29, 1.82) is 0 Å². The Bertz CT molecular complexity index is 538. The number of benzene rings is 1. The van der Waals surface area contributed by atoms with Gasteiger partial charge >= 0.3 is 12.4 Å². The van der Waals surface area contributed by atoms with Crippen molar-refractivity contribution in [2.45, 2.75) is 37.8 Å². The molecule has 1 heterocycles. The summed E-state index contributed by atoms with van der Waals surface area (Å²) in [7, 11) is 0. The maximum Gasteiger partial charge on any atom is 0.422 e. The zero-order valence-electron chi connectivity index (χ0n) is 13.5. The number of piperidine rings is 1. The first-order valence-electron chi connectivity index (χ1n) is 7.92. The molecule has 0 aromatic heterocycles. The molecule has 0 saturated carbocycles. The predicted molar refractivity (Wildman–Crippen MR) is 80.3 cm³/mol. The standard InChI is InChI=1S/C16H20F6N2O/c17-15(18,19)10-24-6-4-13(5-7-24)23-9-12-2-1-3-14(8-12)25-11-16(20,21)22/h1-3,8,13,23H,4-7,9-11H2. The van der Waals surface area contributed by atoms with Crippen LogP contribution in [-0.4, -0.2) is 49.5 Å². The molecule has 0 unspecified atom stereocenters. The molecule has 0 radical (unpaired) electrons. The molecule has 142 valence electrons. The van der Waals surface area contributed by atoms with E-state index in [1.54, 1.807) is 12.1 Å². The minimum Gasteiger partial charge on any atom is -0.484 e. The van der Waals surface area contributed by atoms with Crippen molar-refractivity contribution in [1.82, 2.24) is 10.2 Å². The molecule has 1 aromatic carbocycles. The van der Waals surface area contributed by atoms with E-state index in [0.29, 0.717) is 32.5 Å². The lowest BCUT2D eigenvalue weighted by Gasteiger charge is -2.32. The van der Waals surface area contributed by atoms with Gasteiger partial charge in [-0.25, -0.2) is 0 Å². The first-order chi connectivity index (χ1) is 11.6. The van der Waals surface area contributed by atoms with Crippen molar-refractivity contribution in [2.24, 2.45) is 0 Å². The molecule has 0 atom stereocenters. The minimum atomic E-state index is -4.39. The highest BCUT2D eigenvalue weighted by molar-refractivity contribution is 5.28. The summed E-state index contributed by atoms with van der Waals surface area (Å²) in [6.07, 6.45) is -7.38. The number of halogens is 6. The molecule has 1 aromatic rings. The fourth-order valence-corrected chi connectivity index (χ4v) is 2.72. The Labute approximate surface area is 141 Å². The van der Waals surface area contributed by atoms with Crippen LogP contribution >= 0.6 is 0 Å². The first-order valence-corrected chi connectivity index (χ1v) is 7.92. The quantitative estimate of drug-likeness (QED) is 0.772. The van der Waals surface area contributed by atoms with E-state index in [1.165, 1.54) is 17.0 Å². The Morgan fingerprint density at radius 1 is 1.04 bits per heavy atom. The van der Waals surface area contributed by atoms with Gasteiger partial charge in [0.1, 0.15) is 5.75 Å². The van der Waals surface area contributed by atoms with Gasteiger partial charge in [-0.1, -0.05) is 12.1 Å². The van der Waals surface area contributed by atoms with E-state index in [2.05, 4.69) is 5.32 Å². The Morgan fingerprint density at radius 3 is 2.32 bits per heavy atom. The topological polar surface area (TPSA) is 24.5 Å². The molecule has 0 bridgehead atoms. The highest BCUT2D eigenvalue weighted by Crippen LogP contribution is 2.21. The number of ether oxygens (including phenoxy) is 1. The normalized spacial score (nSPS) is 17.7. The van der Waals surface area contributed by atoms with Crippen molar-refractivity contribution in [3.63, 3.8) is 0 Å². The Morgan fingerprint density at radius 2 is 1.72 bits per heavy atom. The molecule has 1 fully saturated rings. The average molecular weight is 370 g/mol. The fourth-order valence-electron chi connectivity index (χ4n) is 2.72. The van der Waals surface area contributed by atoms with Crippen molar-refractivity contribution in [2.75, 3.05) is 26.2 Å². The van der Waals surface area contributed by atoms with E-state index in [-0.39, 0.29) is 11.8 Å². The maximum absolute atomic E-state index is 12.3. The van der Waals surface area contributed by atoms with E-state index >= 15 is 0 Å². The summed E-state index contributed by atoms with van der Waals surface area (Å²) in [4.78, 5) is 1.38. The number of rotatable bonds is 6. The van der Waals surface area contributed by atoms with E-state index in [1.807, 2.05) is 0 Å². The van der Waals surface area contributed by atoms with Crippen molar-refractivity contribution < 1.29 is 31.1 Å². The summed E-state index contributed by atoms with van der Waals surface area (Å²) >= 11 is 0. The zero-order valence-corrected chi connectivity index (χ0v) is 13.5. The van der Waals surface area contributed by atoms with Crippen LogP contribution in [0, 0.1) is 0 Å². The monoisotopic (exact) mass is 370 g/mol. The summed E-state index contributed by atoms with van der Waals surface area (Å²) in [5.74, 6) is 0.136. The third kappa shape index (κ3) is 7.96. The Kier molecular flexibility index (Phi) is 6.56. The van der Waals surface area contributed by atoms with Gasteiger partial charge in [-0.05, 0) is 43.6 Å². The number of hydrogen-bond acceptors (Lipinski definition) is 3. The largest absolute Gasteiger partial charge is 0.484 e. The number of nitrogens with one attached hydrogen (secondary N) is 1. The molecule has 0 aliphatic carbocycles. The highest BCUT2D eigenvalue weighted by atomic mass is 19.4. The second-order valence-electron chi connectivity index (χ2n) is 6.10. The molecule has 9 heteroatoms. The lowest BCUT2D eigenvalue weighted by atomic mass is 10.0. The molecule has 2 rings (SSSR count). The molecular weight excluding hydrogens is 350 g/mol. The van der Waals surface area contributed by atoms with Crippen molar-refractivity contribution >= 4 is 0 Å². The van der Waals surface area contributed by atoms with Gasteiger partial charge in [0.05, 0.1) is 6.54 Å². The molecular formula is C16H20F6N2O. The molecule has 0 amide bonds. The Balaban J connectivity index is 1.75. The third-order valence-corrected chi connectivity index (χ3v) is 3.89. The molecule has 1 saturated heterocycles. The summed E-state index contributed by atoms with van der Waals surface area (Å²) in [6.45, 7) is -1.08. The fraction of sp³-hybridized carbons (Fsp3) is 0.625. The van der Waals surface area contributed by atoms with Crippen LogP contribution in [0.5, 0.6) is 5.75 Å². The lowest BCUT2D eigenvalue weighted by Crippen LogP contribution is -2.45. The van der Waals surface area contributed by atoms with Crippen LogP contribution in [-0.2, 0) is 6.54 Å². The SMILES string of the molecule is FC(F)(F)COc1cccc(CNC2CCN(CC(F)(F)F)CC2)c1. The molecule has 3 nitrogen and oxygen atoms in total. The van der Waals surface area contributed by atoms with Gasteiger partial charge in [-0.15, -0.1) is 0 Å². The Hall–Kier alpha value is -1.48. The van der Waals surface area contributed by atoms with Crippen LogP contribution in [0.4, 0.5) is 26.3 Å². The van der Waals surface area contributed by atoms with Crippen LogP contribution in [0.3, 0.4) is 0 Å². The number of likely N-dealkylation sites (tertiary alicyclic amines) is 1. The smallest absolute Gasteiger partial charge is 0.422 e. The van der Waals surface area contributed by atoms with E-state index in [4.69, 9.17) is 4.74 Å². The van der Waals surface area contributed by atoms with E-state index in [0.717, 1.165) is 5.56 Å². The molecule has 25 heavy (non-hydrogen) atoms. The van der Waals surface area contributed by atoms with Crippen LogP contribution in [0.25, 0.3) is 0 Å². The van der Waals surface area contributed by atoms with Gasteiger partial charge in [-0.2, -0.15) is 26.3 Å². The summed E-state index contributed by atoms with van der Waals surface area (Å²) < 4.78 is 78.2. The highest BCUT2D eigenvalue weighted by Gasteiger charge is 2.32. The van der Waals surface area contributed by atoms with Crippen LogP contribution < -0.4 is 10.1 Å². The second-order valence-corrected chi connectivity index (χ2v) is 6.10. The van der Waals surface area contributed by atoms with Crippen LogP contribution in [0.1, 0.15) is 18.4 Å². The maximum atomic E-state index is 12.3. The molecule has 1 aliphatic rings. The van der Waals surface area contributed by atoms with Crippen LogP contribution in [0.2, 0.25) is 0 Å². The minimum absolute atomic E-state index is 0.0873. The second kappa shape index (κ2) is 8.27. The van der Waals surface area contributed by atoms with Gasteiger partial charge < -0.3 is 10.1 Å². The van der Waals surface area contributed by atoms with Gasteiger partial charge in [0.2, 0.25) is 0 Å². The average Bonchev–Trinajstić information content (AvgIpc) is 2.51. The third-order valence-electron chi connectivity index (χ3n) is 3.89. The van der Waals surface area contributed by atoms with Gasteiger partial charge in [0, 0.05) is 12.6 Å². The number of nitrogens with zero attached hydrogens (tertiary/aromatic N) is 1. The zero-order chi connectivity index (χ0) is 18.5. The number of alkyl halides is 6. The van der Waals surface area contributed by atoms with Crippen molar-refractivity contribution in [3.8, 4) is 5.75 Å².